The van der Waals surface area contributed by atoms with Crippen LogP contribution < -0.4 is 5.32 Å². The highest BCUT2D eigenvalue weighted by molar-refractivity contribution is 6.03. The van der Waals surface area contributed by atoms with Crippen molar-refractivity contribution in [3.05, 3.63) is 83.7 Å². The van der Waals surface area contributed by atoms with Gasteiger partial charge >= 0.3 is 0 Å². The van der Waals surface area contributed by atoms with Crippen LogP contribution >= 0.6 is 0 Å². The normalized spacial score (nSPS) is 10.9. The number of para-hydroxylation sites is 2. The van der Waals surface area contributed by atoms with Crippen molar-refractivity contribution in [2.45, 2.75) is 13.8 Å². The maximum Gasteiger partial charge on any atom is 0.248 e. The zero-order valence-electron chi connectivity index (χ0n) is 13.7. The summed E-state index contributed by atoms with van der Waals surface area (Å²) in [6.07, 6.45) is 3.33. The van der Waals surface area contributed by atoms with E-state index < -0.39 is 0 Å². The van der Waals surface area contributed by atoms with Gasteiger partial charge in [-0.25, -0.2) is 4.68 Å². The molecular weight excluding hydrogens is 298 g/mol. The summed E-state index contributed by atoms with van der Waals surface area (Å²) in [5.41, 5.74) is 4.53. The Morgan fingerprint density at radius 3 is 2.46 bits per heavy atom. The number of rotatable bonds is 4. The highest BCUT2D eigenvalue weighted by atomic mass is 16.1. The Morgan fingerprint density at radius 2 is 1.75 bits per heavy atom. The molecule has 0 bridgehead atoms. The van der Waals surface area contributed by atoms with E-state index in [1.807, 2.05) is 79.2 Å². The zero-order valence-corrected chi connectivity index (χ0v) is 13.7. The summed E-state index contributed by atoms with van der Waals surface area (Å²) in [6.45, 7) is 3.95. The van der Waals surface area contributed by atoms with E-state index >= 15 is 0 Å². The van der Waals surface area contributed by atoms with Gasteiger partial charge in [-0.2, -0.15) is 5.10 Å². The topological polar surface area (TPSA) is 46.9 Å². The van der Waals surface area contributed by atoms with Gasteiger partial charge in [0.25, 0.3) is 0 Å². The Bertz CT molecular complexity index is 879. The molecule has 3 aromatic rings. The first-order valence-corrected chi connectivity index (χ1v) is 7.80. The lowest BCUT2D eigenvalue weighted by atomic mass is 10.2. The fourth-order valence-electron chi connectivity index (χ4n) is 2.55. The van der Waals surface area contributed by atoms with Crippen molar-refractivity contribution in [3.63, 3.8) is 0 Å². The number of hydrogen-bond donors (Lipinski definition) is 1. The molecule has 4 heteroatoms. The third kappa shape index (κ3) is 3.60. The number of aromatic nitrogens is 2. The molecule has 0 aliphatic carbocycles. The Balaban J connectivity index is 1.82. The van der Waals surface area contributed by atoms with Crippen molar-refractivity contribution in [2.24, 2.45) is 0 Å². The molecule has 0 fully saturated rings. The molecule has 1 aromatic heterocycles. The molecule has 1 N–H and O–H groups in total. The monoisotopic (exact) mass is 317 g/mol. The highest BCUT2D eigenvalue weighted by Crippen LogP contribution is 2.21. The molecule has 0 saturated heterocycles. The first-order valence-electron chi connectivity index (χ1n) is 7.80. The van der Waals surface area contributed by atoms with Gasteiger partial charge in [0, 0.05) is 11.8 Å². The van der Waals surface area contributed by atoms with E-state index in [0.717, 1.165) is 28.3 Å². The molecule has 24 heavy (non-hydrogen) atoms. The lowest BCUT2D eigenvalue weighted by molar-refractivity contribution is -0.111. The van der Waals surface area contributed by atoms with Crippen molar-refractivity contribution in [1.82, 2.24) is 9.78 Å². The molecule has 4 nitrogen and oxygen atoms in total. The van der Waals surface area contributed by atoms with E-state index in [2.05, 4.69) is 10.4 Å². The van der Waals surface area contributed by atoms with Gasteiger partial charge in [0.15, 0.2) is 0 Å². The Morgan fingerprint density at radius 1 is 1.04 bits per heavy atom. The molecular formula is C20H19N3O. The number of amides is 1. The van der Waals surface area contributed by atoms with Gasteiger partial charge in [-0.15, -0.1) is 0 Å². The lowest BCUT2D eigenvalue weighted by Crippen LogP contribution is -2.11. The standard InChI is InChI=1S/C20H19N3O/c1-15-14-16(2)23(22-15)19-11-7-6-10-18(19)21-20(24)13-12-17-8-4-3-5-9-17/h3-14H,1-2H3,(H,21,24)/b13-12+. The highest BCUT2D eigenvalue weighted by Gasteiger charge is 2.09. The van der Waals surface area contributed by atoms with Crippen LogP contribution in [0.5, 0.6) is 0 Å². The number of carbonyl (C=O) groups excluding carboxylic acids is 1. The quantitative estimate of drug-likeness (QED) is 0.735. The predicted molar refractivity (Wildman–Crippen MR) is 97.1 cm³/mol. The van der Waals surface area contributed by atoms with Crippen LogP contribution in [0.2, 0.25) is 0 Å². The van der Waals surface area contributed by atoms with Crippen LogP contribution in [0, 0.1) is 13.8 Å². The predicted octanol–water partition coefficient (Wildman–Crippen LogP) is 4.14. The van der Waals surface area contributed by atoms with Crippen LogP contribution in [0.15, 0.2) is 66.7 Å². The smallest absolute Gasteiger partial charge is 0.248 e. The molecule has 0 aliphatic rings. The van der Waals surface area contributed by atoms with Crippen LogP contribution in [0.25, 0.3) is 11.8 Å². The van der Waals surface area contributed by atoms with Gasteiger partial charge in [0.1, 0.15) is 0 Å². The number of aryl methyl sites for hydroxylation is 2. The van der Waals surface area contributed by atoms with Crippen molar-refractivity contribution in [1.29, 1.82) is 0 Å². The number of anilines is 1. The Kier molecular flexibility index (Phi) is 4.57. The van der Waals surface area contributed by atoms with Gasteiger partial charge in [0.05, 0.1) is 17.1 Å². The van der Waals surface area contributed by atoms with E-state index in [4.69, 9.17) is 0 Å². The molecule has 3 rings (SSSR count). The summed E-state index contributed by atoms with van der Waals surface area (Å²) in [4.78, 5) is 12.2. The molecule has 120 valence electrons. The molecule has 0 spiro atoms. The molecule has 0 radical (unpaired) electrons. The number of nitrogens with one attached hydrogen (secondary N) is 1. The number of hydrogen-bond acceptors (Lipinski definition) is 2. The van der Waals surface area contributed by atoms with Crippen LogP contribution in [0.1, 0.15) is 17.0 Å². The van der Waals surface area contributed by atoms with E-state index in [0.29, 0.717) is 0 Å². The SMILES string of the molecule is Cc1cc(C)n(-c2ccccc2NC(=O)/C=C/c2ccccc2)n1. The second-order valence-corrected chi connectivity index (χ2v) is 5.59. The van der Waals surface area contributed by atoms with Crippen LogP contribution in [-0.2, 0) is 4.79 Å². The van der Waals surface area contributed by atoms with Gasteiger partial charge in [-0.05, 0) is 43.7 Å². The van der Waals surface area contributed by atoms with Gasteiger partial charge in [-0.1, -0.05) is 42.5 Å². The summed E-state index contributed by atoms with van der Waals surface area (Å²) in [5.74, 6) is -0.173. The fraction of sp³-hybridized carbons (Fsp3) is 0.100. The Labute approximate surface area is 141 Å². The van der Waals surface area contributed by atoms with Crippen LogP contribution in [0.4, 0.5) is 5.69 Å². The van der Waals surface area contributed by atoms with Crippen molar-refractivity contribution in [3.8, 4) is 5.69 Å². The third-order valence-electron chi connectivity index (χ3n) is 3.63. The van der Waals surface area contributed by atoms with Crippen LogP contribution in [-0.4, -0.2) is 15.7 Å². The van der Waals surface area contributed by atoms with E-state index in [1.165, 1.54) is 6.08 Å². The van der Waals surface area contributed by atoms with E-state index in [-0.39, 0.29) is 5.91 Å². The first-order chi connectivity index (χ1) is 11.6. The van der Waals surface area contributed by atoms with Gasteiger partial charge in [-0.3, -0.25) is 4.79 Å². The molecule has 0 unspecified atom stereocenters. The molecule has 2 aromatic carbocycles. The third-order valence-corrected chi connectivity index (χ3v) is 3.63. The van der Waals surface area contributed by atoms with E-state index in [1.54, 1.807) is 6.08 Å². The van der Waals surface area contributed by atoms with E-state index in [9.17, 15) is 4.79 Å². The first kappa shape index (κ1) is 15.7. The molecule has 0 aliphatic heterocycles. The summed E-state index contributed by atoms with van der Waals surface area (Å²) in [7, 11) is 0. The van der Waals surface area contributed by atoms with Gasteiger partial charge in [0.2, 0.25) is 5.91 Å². The maximum absolute atomic E-state index is 12.2. The number of nitrogens with zero attached hydrogens (tertiary/aromatic N) is 2. The largest absolute Gasteiger partial charge is 0.321 e. The van der Waals surface area contributed by atoms with Crippen LogP contribution in [0.3, 0.4) is 0 Å². The maximum atomic E-state index is 12.2. The average Bonchev–Trinajstić information content (AvgIpc) is 2.93. The lowest BCUT2D eigenvalue weighted by Gasteiger charge is -2.11. The minimum absolute atomic E-state index is 0.173. The minimum Gasteiger partial charge on any atom is -0.321 e. The summed E-state index contributed by atoms with van der Waals surface area (Å²) in [5, 5.41) is 7.42. The number of benzene rings is 2. The zero-order chi connectivity index (χ0) is 16.9. The number of carbonyl (C=O) groups is 1. The Hall–Kier alpha value is -3.14. The van der Waals surface area contributed by atoms with Crippen molar-refractivity contribution < 1.29 is 4.79 Å². The van der Waals surface area contributed by atoms with Gasteiger partial charge < -0.3 is 5.32 Å². The molecule has 0 atom stereocenters. The summed E-state index contributed by atoms with van der Waals surface area (Å²) >= 11 is 0. The molecule has 1 amide bonds. The fourth-order valence-corrected chi connectivity index (χ4v) is 2.55. The van der Waals surface area contributed by atoms with Crippen molar-refractivity contribution >= 4 is 17.7 Å². The second kappa shape index (κ2) is 6.96. The second-order valence-electron chi connectivity index (χ2n) is 5.59. The average molecular weight is 317 g/mol. The molecule has 0 saturated carbocycles. The summed E-state index contributed by atoms with van der Waals surface area (Å²) < 4.78 is 1.84. The summed E-state index contributed by atoms with van der Waals surface area (Å²) in [6, 6.07) is 19.4. The van der Waals surface area contributed by atoms with Crippen molar-refractivity contribution in [2.75, 3.05) is 5.32 Å². The minimum atomic E-state index is -0.173. The molecule has 1 heterocycles.